The van der Waals surface area contributed by atoms with Crippen molar-refractivity contribution in [3.63, 3.8) is 0 Å². The van der Waals surface area contributed by atoms with Crippen molar-refractivity contribution >= 4 is 26.8 Å². The minimum atomic E-state index is -3.57. The second-order valence-corrected chi connectivity index (χ2v) is 9.42. The van der Waals surface area contributed by atoms with E-state index in [1.165, 1.54) is 4.31 Å². The highest BCUT2D eigenvalue weighted by atomic mass is 32.2. The van der Waals surface area contributed by atoms with Crippen LogP contribution in [0.4, 0.5) is 0 Å². The molecule has 0 atom stereocenters. The molecule has 1 saturated heterocycles. The number of fused-ring (bicyclic) bond motifs is 1. The SMILES string of the molecule is Cc1ccc(S(=O)(=O)N2CCN(C(=O)COc3nc(C)nc4ccccc34)CC2)cc1. The Labute approximate surface area is 181 Å². The molecule has 1 aliphatic rings. The summed E-state index contributed by atoms with van der Waals surface area (Å²) in [6, 6.07) is 14.3. The predicted octanol–water partition coefficient (Wildman–Crippen LogP) is 2.16. The van der Waals surface area contributed by atoms with Gasteiger partial charge < -0.3 is 9.64 Å². The van der Waals surface area contributed by atoms with Crippen LogP contribution in [0, 0.1) is 13.8 Å². The number of piperazine rings is 1. The summed E-state index contributed by atoms with van der Waals surface area (Å²) < 4.78 is 32.8. The molecule has 9 heteroatoms. The van der Waals surface area contributed by atoms with E-state index in [1.54, 1.807) is 36.1 Å². The third-order valence-electron chi connectivity index (χ3n) is 5.26. The molecule has 0 unspecified atom stereocenters. The van der Waals surface area contributed by atoms with Crippen LogP contribution in [0.15, 0.2) is 53.4 Å². The summed E-state index contributed by atoms with van der Waals surface area (Å²) in [4.78, 5) is 23.2. The molecule has 31 heavy (non-hydrogen) atoms. The standard InChI is InChI=1S/C22H24N4O4S/c1-16-7-9-18(10-8-16)31(28,29)26-13-11-25(12-14-26)21(27)15-30-22-19-5-3-4-6-20(19)23-17(2)24-22/h3-10H,11-15H2,1-2H3. The number of hydrogen-bond donors (Lipinski definition) is 0. The Morgan fingerprint density at radius 3 is 2.35 bits per heavy atom. The van der Waals surface area contributed by atoms with Crippen LogP contribution in [0.5, 0.6) is 5.88 Å². The van der Waals surface area contributed by atoms with Gasteiger partial charge in [-0.1, -0.05) is 29.8 Å². The van der Waals surface area contributed by atoms with Gasteiger partial charge in [-0.25, -0.2) is 13.4 Å². The zero-order valence-corrected chi connectivity index (χ0v) is 18.3. The van der Waals surface area contributed by atoms with Crippen molar-refractivity contribution in [1.29, 1.82) is 0 Å². The normalized spacial score (nSPS) is 15.2. The van der Waals surface area contributed by atoms with E-state index in [4.69, 9.17) is 4.74 Å². The molecule has 0 saturated carbocycles. The van der Waals surface area contributed by atoms with Crippen LogP contribution in [0.2, 0.25) is 0 Å². The van der Waals surface area contributed by atoms with Crippen LogP contribution in [0.1, 0.15) is 11.4 Å². The van der Waals surface area contributed by atoms with Gasteiger partial charge in [-0.3, -0.25) is 4.79 Å². The summed E-state index contributed by atoms with van der Waals surface area (Å²) in [6.07, 6.45) is 0. The summed E-state index contributed by atoms with van der Waals surface area (Å²) in [5, 5.41) is 0.745. The number of aryl methyl sites for hydroxylation is 2. The molecule has 1 fully saturated rings. The highest BCUT2D eigenvalue weighted by Gasteiger charge is 2.30. The fourth-order valence-electron chi connectivity index (χ4n) is 3.53. The minimum absolute atomic E-state index is 0.162. The Morgan fingerprint density at radius 2 is 1.65 bits per heavy atom. The van der Waals surface area contributed by atoms with Crippen LogP contribution in [-0.4, -0.2) is 66.3 Å². The Balaban J connectivity index is 1.37. The summed E-state index contributed by atoms with van der Waals surface area (Å²) >= 11 is 0. The lowest BCUT2D eigenvalue weighted by Gasteiger charge is -2.34. The topological polar surface area (TPSA) is 92.7 Å². The quantitative estimate of drug-likeness (QED) is 0.604. The number of hydrogen-bond acceptors (Lipinski definition) is 6. The first-order valence-electron chi connectivity index (χ1n) is 10.1. The molecule has 8 nitrogen and oxygen atoms in total. The molecular weight excluding hydrogens is 416 g/mol. The van der Waals surface area contributed by atoms with Crippen LogP contribution >= 0.6 is 0 Å². The minimum Gasteiger partial charge on any atom is -0.467 e. The van der Waals surface area contributed by atoms with Crippen LogP contribution in [-0.2, 0) is 14.8 Å². The maximum Gasteiger partial charge on any atom is 0.260 e. The van der Waals surface area contributed by atoms with E-state index < -0.39 is 10.0 Å². The molecule has 0 bridgehead atoms. The van der Waals surface area contributed by atoms with E-state index in [9.17, 15) is 13.2 Å². The van der Waals surface area contributed by atoms with Gasteiger partial charge in [0.15, 0.2) is 6.61 Å². The van der Waals surface area contributed by atoms with Gasteiger partial charge in [0.25, 0.3) is 5.91 Å². The molecule has 0 N–H and O–H groups in total. The highest BCUT2D eigenvalue weighted by molar-refractivity contribution is 7.89. The van der Waals surface area contributed by atoms with Crippen molar-refractivity contribution in [3.05, 3.63) is 59.9 Å². The Bertz CT molecular complexity index is 1200. The smallest absolute Gasteiger partial charge is 0.260 e. The van der Waals surface area contributed by atoms with Crippen molar-refractivity contribution in [2.75, 3.05) is 32.8 Å². The third-order valence-corrected chi connectivity index (χ3v) is 7.18. The summed E-state index contributed by atoms with van der Waals surface area (Å²) in [5.74, 6) is 0.737. The molecule has 0 radical (unpaired) electrons. The van der Waals surface area contributed by atoms with Crippen molar-refractivity contribution in [2.24, 2.45) is 0 Å². The fourth-order valence-corrected chi connectivity index (χ4v) is 4.95. The average Bonchev–Trinajstić information content (AvgIpc) is 2.77. The number of carbonyl (C=O) groups excluding carboxylic acids is 1. The number of carbonyl (C=O) groups is 1. The number of para-hydroxylation sites is 1. The van der Waals surface area contributed by atoms with Crippen molar-refractivity contribution < 1.29 is 17.9 Å². The number of amides is 1. The Kier molecular flexibility index (Phi) is 5.88. The van der Waals surface area contributed by atoms with Crippen molar-refractivity contribution in [3.8, 4) is 5.88 Å². The number of rotatable bonds is 5. The predicted molar refractivity (Wildman–Crippen MR) is 116 cm³/mol. The average molecular weight is 441 g/mol. The lowest BCUT2D eigenvalue weighted by atomic mass is 10.2. The Morgan fingerprint density at radius 1 is 0.968 bits per heavy atom. The molecule has 1 aromatic heterocycles. The van der Waals surface area contributed by atoms with Crippen molar-refractivity contribution in [1.82, 2.24) is 19.2 Å². The van der Waals surface area contributed by atoms with Gasteiger partial charge in [0, 0.05) is 26.2 Å². The summed E-state index contributed by atoms with van der Waals surface area (Å²) in [7, 11) is -3.57. The fraction of sp³-hybridized carbons (Fsp3) is 0.318. The number of ether oxygens (including phenoxy) is 1. The number of benzene rings is 2. The van der Waals surface area contributed by atoms with Gasteiger partial charge in [0.1, 0.15) is 5.82 Å². The second-order valence-electron chi connectivity index (χ2n) is 7.48. The molecule has 162 valence electrons. The van der Waals surface area contributed by atoms with Crippen LogP contribution < -0.4 is 4.74 Å². The number of sulfonamides is 1. The molecular formula is C22H24N4O4S. The third kappa shape index (κ3) is 4.52. The van der Waals surface area contributed by atoms with Crippen LogP contribution in [0.25, 0.3) is 10.9 Å². The van der Waals surface area contributed by atoms with E-state index in [1.807, 2.05) is 31.2 Å². The van der Waals surface area contributed by atoms with Gasteiger partial charge in [-0.15, -0.1) is 0 Å². The summed E-state index contributed by atoms with van der Waals surface area (Å²) in [5.41, 5.74) is 1.76. The van der Waals surface area contributed by atoms with E-state index in [0.717, 1.165) is 16.5 Å². The maximum atomic E-state index is 12.8. The molecule has 3 aromatic rings. The number of aromatic nitrogens is 2. The first-order chi connectivity index (χ1) is 14.8. The first-order valence-corrected chi connectivity index (χ1v) is 11.5. The zero-order valence-electron chi connectivity index (χ0n) is 17.5. The second kappa shape index (κ2) is 8.60. The van der Waals surface area contributed by atoms with E-state index in [-0.39, 0.29) is 30.5 Å². The lowest BCUT2D eigenvalue weighted by Crippen LogP contribution is -2.51. The molecule has 1 aliphatic heterocycles. The molecule has 0 spiro atoms. The van der Waals surface area contributed by atoms with Gasteiger partial charge in [-0.2, -0.15) is 9.29 Å². The van der Waals surface area contributed by atoms with Gasteiger partial charge in [0.2, 0.25) is 15.9 Å². The van der Waals surface area contributed by atoms with Crippen molar-refractivity contribution in [2.45, 2.75) is 18.7 Å². The lowest BCUT2D eigenvalue weighted by molar-refractivity contribution is -0.134. The highest BCUT2D eigenvalue weighted by Crippen LogP contribution is 2.22. The van der Waals surface area contributed by atoms with Gasteiger partial charge in [0.05, 0.1) is 15.8 Å². The van der Waals surface area contributed by atoms with Gasteiger partial charge in [-0.05, 0) is 38.1 Å². The van der Waals surface area contributed by atoms with E-state index in [2.05, 4.69) is 9.97 Å². The van der Waals surface area contributed by atoms with Crippen LogP contribution in [0.3, 0.4) is 0 Å². The molecule has 4 rings (SSSR count). The largest absolute Gasteiger partial charge is 0.467 e. The molecule has 2 aromatic carbocycles. The monoisotopic (exact) mass is 440 g/mol. The maximum absolute atomic E-state index is 12.8. The Hall–Kier alpha value is -3.04. The van der Waals surface area contributed by atoms with E-state index >= 15 is 0 Å². The zero-order chi connectivity index (χ0) is 22.0. The molecule has 0 aliphatic carbocycles. The summed E-state index contributed by atoms with van der Waals surface area (Å²) in [6.45, 7) is 4.65. The van der Waals surface area contributed by atoms with Gasteiger partial charge >= 0.3 is 0 Å². The van der Waals surface area contributed by atoms with E-state index in [0.29, 0.717) is 24.8 Å². The first kappa shape index (κ1) is 21.2. The molecule has 2 heterocycles. The molecule has 1 amide bonds. The number of nitrogens with zero attached hydrogens (tertiary/aromatic N) is 4.